The maximum absolute atomic E-state index is 13.0. The fourth-order valence-electron chi connectivity index (χ4n) is 2.41. The second-order valence-corrected chi connectivity index (χ2v) is 6.48. The summed E-state index contributed by atoms with van der Waals surface area (Å²) in [5.41, 5.74) is -2.78. The Bertz CT molecular complexity index is 1110. The lowest BCUT2D eigenvalue weighted by Gasteiger charge is -2.13. The van der Waals surface area contributed by atoms with Gasteiger partial charge in [0.25, 0.3) is 0 Å². The van der Waals surface area contributed by atoms with Gasteiger partial charge in [0.1, 0.15) is 17.1 Å². The molecule has 0 saturated heterocycles. The van der Waals surface area contributed by atoms with Gasteiger partial charge in [0.2, 0.25) is 11.9 Å². The summed E-state index contributed by atoms with van der Waals surface area (Å²) in [7, 11) is 0. The molecule has 0 spiro atoms. The maximum atomic E-state index is 13.0. The molecule has 0 radical (unpaired) electrons. The van der Waals surface area contributed by atoms with Gasteiger partial charge in [0.15, 0.2) is 5.82 Å². The molecular weight excluding hydrogens is 460 g/mol. The molecule has 176 valence electrons. The highest BCUT2D eigenvalue weighted by atomic mass is 19.4. The number of nitrogens with zero attached hydrogens (tertiary/aromatic N) is 5. The van der Waals surface area contributed by atoms with Crippen LogP contribution in [0.1, 0.15) is 11.4 Å². The summed E-state index contributed by atoms with van der Waals surface area (Å²) in [6.07, 6.45) is -9.75. The number of hydrogen-bond donors (Lipinski definition) is 4. The molecule has 0 unspecified atom stereocenters. The molecule has 33 heavy (non-hydrogen) atoms. The Balaban J connectivity index is 2.00. The molecule has 0 fully saturated rings. The lowest BCUT2D eigenvalue weighted by Crippen LogP contribution is -2.24. The number of pyridine rings is 2. The van der Waals surface area contributed by atoms with Crippen LogP contribution in [0, 0.1) is 0 Å². The third-order valence-electron chi connectivity index (χ3n) is 3.92. The molecule has 3 aromatic heterocycles. The Morgan fingerprint density at radius 3 is 2.24 bits per heavy atom. The number of aromatic nitrogens is 5. The molecule has 9 nitrogen and oxygen atoms in total. The first-order valence-electron chi connectivity index (χ1n) is 9.09. The third kappa shape index (κ3) is 6.45. The van der Waals surface area contributed by atoms with Gasteiger partial charge in [-0.2, -0.15) is 41.3 Å². The molecule has 0 aliphatic carbocycles. The van der Waals surface area contributed by atoms with Gasteiger partial charge in [-0.3, -0.25) is 4.98 Å². The van der Waals surface area contributed by atoms with Crippen LogP contribution >= 0.6 is 0 Å². The number of halogens is 6. The van der Waals surface area contributed by atoms with Gasteiger partial charge in [-0.25, -0.2) is 4.98 Å². The van der Waals surface area contributed by atoms with Crippen LogP contribution in [0.4, 0.5) is 43.9 Å². The van der Waals surface area contributed by atoms with E-state index in [4.69, 9.17) is 5.11 Å². The molecular formula is C18H15F6N7O2. The van der Waals surface area contributed by atoms with Gasteiger partial charge in [-0.1, -0.05) is 6.07 Å². The zero-order chi connectivity index (χ0) is 24.2. The SMILES string of the molecule is OC[C@@H](O)CNc1nc(Nc2ccnc(C(F)(F)F)c2)nc(-c2cccc(C(F)(F)F)n2)n1. The first-order chi connectivity index (χ1) is 15.5. The Hall–Kier alpha value is -3.59. The largest absolute Gasteiger partial charge is 0.433 e. The van der Waals surface area contributed by atoms with Crippen LogP contribution < -0.4 is 10.6 Å². The summed E-state index contributed by atoms with van der Waals surface area (Å²) in [4.78, 5) is 18.5. The summed E-state index contributed by atoms with van der Waals surface area (Å²) >= 11 is 0. The van der Waals surface area contributed by atoms with Gasteiger partial charge in [0, 0.05) is 18.4 Å². The monoisotopic (exact) mass is 475 g/mol. The molecule has 4 N–H and O–H groups in total. The average molecular weight is 475 g/mol. The Morgan fingerprint density at radius 2 is 1.58 bits per heavy atom. The summed E-state index contributed by atoms with van der Waals surface area (Å²) in [6.45, 7) is -0.828. The molecule has 0 aromatic carbocycles. The van der Waals surface area contributed by atoms with Gasteiger partial charge in [-0.05, 0) is 24.3 Å². The van der Waals surface area contributed by atoms with E-state index in [0.717, 1.165) is 18.3 Å². The van der Waals surface area contributed by atoms with Crippen LogP contribution in [0.3, 0.4) is 0 Å². The van der Waals surface area contributed by atoms with Crippen molar-refractivity contribution in [3.63, 3.8) is 0 Å². The van der Waals surface area contributed by atoms with Crippen LogP contribution in [0.25, 0.3) is 11.5 Å². The Labute approximate surface area is 181 Å². The van der Waals surface area contributed by atoms with Crippen LogP contribution in [-0.4, -0.2) is 54.4 Å². The molecule has 0 bridgehead atoms. The second-order valence-electron chi connectivity index (χ2n) is 6.48. The van der Waals surface area contributed by atoms with Crippen LogP contribution in [-0.2, 0) is 12.4 Å². The van der Waals surface area contributed by atoms with E-state index >= 15 is 0 Å². The van der Waals surface area contributed by atoms with Crippen LogP contribution in [0.5, 0.6) is 0 Å². The van der Waals surface area contributed by atoms with Crippen molar-refractivity contribution in [3.05, 3.63) is 47.9 Å². The van der Waals surface area contributed by atoms with E-state index in [1.165, 1.54) is 12.1 Å². The zero-order valence-corrected chi connectivity index (χ0v) is 16.4. The van der Waals surface area contributed by atoms with E-state index in [-0.39, 0.29) is 35.6 Å². The fraction of sp³-hybridized carbons (Fsp3) is 0.278. The summed E-state index contributed by atoms with van der Waals surface area (Å²) in [5, 5.41) is 23.5. The first-order valence-corrected chi connectivity index (χ1v) is 9.09. The van der Waals surface area contributed by atoms with Crippen molar-refractivity contribution in [1.82, 2.24) is 24.9 Å². The van der Waals surface area contributed by atoms with Crippen molar-refractivity contribution in [3.8, 4) is 11.5 Å². The molecule has 3 rings (SSSR count). The molecule has 0 aliphatic heterocycles. The maximum Gasteiger partial charge on any atom is 0.433 e. The minimum absolute atomic E-state index is 0.104. The highest BCUT2D eigenvalue weighted by Gasteiger charge is 2.33. The number of aliphatic hydroxyl groups is 2. The van der Waals surface area contributed by atoms with Crippen molar-refractivity contribution in [2.24, 2.45) is 0 Å². The van der Waals surface area contributed by atoms with Gasteiger partial charge in [0.05, 0.1) is 12.7 Å². The minimum Gasteiger partial charge on any atom is -0.394 e. The zero-order valence-electron chi connectivity index (χ0n) is 16.4. The van der Waals surface area contributed by atoms with E-state index in [9.17, 15) is 31.4 Å². The van der Waals surface area contributed by atoms with E-state index < -0.39 is 36.5 Å². The molecule has 1 atom stereocenters. The number of nitrogens with one attached hydrogen (secondary N) is 2. The standard InChI is InChI=1S/C18H15F6N7O2/c19-17(20,21)12-3-1-2-11(28-12)14-29-15(26-7-10(33)8-32)31-16(30-14)27-9-4-5-25-13(6-9)18(22,23)24/h1-6,10,32-33H,7-8H2,(H2,25,26,27,29,30,31)/t10-/m0/s1. The van der Waals surface area contributed by atoms with Gasteiger partial charge >= 0.3 is 12.4 Å². The lowest BCUT2D eigenvalue weighted by atomic mass is 10.3. The number of hydrogen-bond acceptors (Lipinski definition) is 9. The predicted molar refractivity (Wildman–Crippen MR) is 102 cm³/mol. The number of rotatable bonds is 7. The number of alkyl halides is 6. The normalized spacial score (nSPS) is 13.0. The van der Waals surface area contributed by atoms with Gasteiger partial charge < -0.3 is 20.8 Å². The molecule has 0 amide bonds. The number of anilines is 3. The summed E-state index contributed by atoms with van der Waals surface area (Å²) in [5.74, 6) is -0.886. The second kappa shape index (κ2) is 9.50. The lowest BCUT2D eigenvalue weighted by molar-refractivity contribution is -0.141. The van der Waals surface area contributed by atoms with E-state index in [1.807, 2.05) is 0 Å². The predicted octanol–water partition coefficient (Wildman–Crippen LogP) is 2.87. The van der Waals surface area contributed by atoms with Gasteiger partial charge in [-0.15, -0.1) is 0 Å². The van der Waals surface area contributed by atoms with Crippen molar-refractivity contribution in [1.29, 1.82) is 0 Å². The molecule has 3 aromatic rings. The average Bonchev–Trinajstić information content (AvgIpc) is 2.76. The van der Waals surface area contributed by atoms with Crippen molar-refractivity contribution in [2.45, 2.75) is 18.5 Å². The van der Waals surface area contributed by atoms with E-state index in [2.05, 4.69) is 35.6 Å². The molecule has 15 heteroatoms. The Morgan fingerprint density at radius 1 is 0.879 bits per heavy atom. The summed E-state index contributed by atoms with van der Waals surface area (Å²) in [6, 6.07) is 4.92. The highest BCUT2D eigenvalue weighted by molar-refractivity contribution is 5.59. The smallest absolute Gasteiger partial charge is 0.394 e. The van der Waals surface area contributed by atoms with E-state index in [1.54, 1.807) is 0 Å². The fourth-order valence-corrected chi connectivity index (χ4v) is 2.41. The molecule has 3 heterocycles. The van der Waals surface area contributed by atoms with Crippen molar-refractivity contribution >= 4 is 17.6 Å². The summed E-state index contributed by atoms with van der Waals surface area (Å²) < 4.78 is 77.8. The quantitative estimate of drug-likeness (QED) is 0.381. The minimum atomic E-state index is -4.73. The molecule has 0 aliphatic rings. The van der Waals surface area contributed by atoms with Crippen molar-refractivity contribution in [2.75, 3.05) is 23.8 Å². The Kier molecular flexibility index (Phi) is 6.92. The topological polar surface area (TPSA) is 129 Å². The van der Waals surface area contributed by atoms with Crippen LogP contribution in [0.15, 0.2) is 36.5 Å². The third-order valence-corrected chi connectivity index (χ3v) is 3.92. The van der Waals surface area contributed by atoms with Crippen LogP contribution in [0.2, 0.25) is 0 Å². The molecule has 0 saturated carbocycles. The number of aliphatic hydroxyl groups excluding tert-OH is 2. The van der Waals surface area contributed by atoms with E-state index in [0.29, 0.717) is 6.07 Å². The highest BCUT2D eigenvalue weighted by Crippen LogP contribution is 2.31. The van der Waals surface area contributed by atoms with Crippen molar-refractivity contribution < 1.29 is 36.6 Å². The first kappa shape index (κ1) is 24.1.